The van der Waals surface area contributed by atoms with Crippen LogP contribution in [0, 0.1) is 0 Å². The summed E-state index contributed by atoms with van der Waals surface area (Å²) in [7, 11) is 0. The molecule has 2 rings (SSSR count). The van der Waals surface area contributed by atoms with Crippen LogP contribution in [0.3, 0.4) is 0 Å². The maximum atomic E-state index is 12.0. The fourth-order valence-corrected chi connectivity index (χ4v) is 2.51. The molecule has 1 amide bonds. The van der Waals surface area contributed by atoms with E-state index < -0.39 is 6.10 Å². The highest BCUT2D eigenvalue weighted by Gasteiger charge is 2.15. The zero-order valence-electron chi connectivity index (χ0n) is 12.7. The molecule has 1 heterocycles. The van der Waals surface area contributed by atoms with E-state index in [9.17, 15) is 4.79 Å². The van der Waals surface area contributed by atoms with Gasteiger partial charge in [0, 0.05) is 17.6 Å². The van der Waals surface area contributed by atoms with E-state index in [2.05, 4.69) is 10.3 Å². The lowest BCUT2D eigenvalue weighted by Gasteiger charge is -2.11. The smallest absolute Gasteiger partial charge is 0.254 e. The van der Waals surface area contributed by atoms with Gasteiger partial charge in [0.2, 0.25) is 0 Å². The van der Waals surface area contributed by atoms with Gasteiger partial charge >= 0.3 is 0 Å². The van der Waals surface area contributed by atoms with E-state index in [4.69, 9.17) is 9.47 Å². The average Bonchev–Trinajstić information content (AvgIpc) is 3.00. The van der Waals surface area contributed by atoms with Crippen LogP contribution in [0.25, 0.3) is 11.3 Å². The van der Waals surface area contributed by atoms with Crippen molar-refractivity contribution >= 4 is 22.4 Å². The topological polar surface area (TPSA) is 60.5 Å². The van der Waals surface area contributed by atoms with Crippen LogP contribution >= 0.6 is 11.3 Å². The minimum absolute atomic E-state index is 0.203. The molecule has 0 aliphatic rings. The molecular weight excluding hydrogens is 300 g/mol. The molecule has 1 atom stereocenters. The number of amides is 1. The summed E-state index contributed by atoms with van der Waals surface area (Å²) in [5.41, 5.74) is 1.88. The summed E-state index contributed by atoms with van der Waals surface area (Å²) in [6, 6.07) is 9.85. The number of nitrogens with one attached hydrogen (secondary N) is 1. The monoisotopic (exact) mass is 320 g/mol. The molecule has 0 radical (unpaired) electrons. The highest BCUT2D eigenvalue weighted by atomic mass is 32.1. The molecule has 0 aliphatic carbocycles. The van der Waals surface area contributed by atoms with Gasteiger partial charge in [0.25, 0.3) is 5.91 Å². The van der Waals surface area contributed by atoms with Crippen LogP contribution in [0.15, 0.2) is 35.7 Å². The van der Waals surface area contributed by atoms with Gasteiger partial charge in [-0.15, -0.1) is 11.3 Å². The number of aromatic nitrogens is 1. The summed E-state index contributed by atoms with van der Waals surface area (Å²) in [5, 5.41) is 5.27. The highest BCUT2D eigenvalue weighted by molar-refractivity contribution is 7.14. The summed E-state index contributed by atoms with van der Waals surface area (Å²) in [6.07, 6.45) is -0.537. The predicted molar refractivity (Wildman–Crippen MR) is 88.1 cm³/mol. The number of thiazole rings is 1. The van der Waals surface area contributed by atoms with Gasteiger partial charge in [0.15, 0.2) is 5.13 Å². The Hall–Kier alpha value is -1.76. The molecule has 2 aromatic rings. The summed E-state index contributed by atoms with van der Waals surface area (Å²) in [5.74, 6) is -0.203. The Morgan fingerprint density at radius 2 is 2.09 bits per heavy atom. The standard InChI is InChI=1S/C16H20N2O3S/c1-3-20-9-10-21-12(2)15(19)18-16-17-14(11-22-16)13-7-5-4-6-8-13/h4-8,11-12H,3,9-10H2,1-2H3,(H,17,18,19). The number of rotatable bonds is 8. The first-order valence-electron chi connectivity index (χ1n) is 7.22. The number of hydrogen-bond acceptors (Lipinski definition) is 5. The number of anilines is 1. The molecule has 0 bridgehead atoms. The maximum Gasteiger partial charge on any atom is 0.254 e. The fourth-order valence-electron chi connectivity index (χ4n) is 1.78. The van der Waals surface area contributed by atoms with Crippen molar-refractivity contribution in [2.45, 2.75) is 20.0 Å². The third kappa shape index (κ3) is 4.91. The third-order valence-corrected chi connectivity index (χ3v) is 3.73. The summed E-state index contributed by atoms with van der Waals surface area (Å²) < 4.78 is 10.6. The molecule has 118 valence electrons. The number of ether oxygens (including phenoxy) is 2. The first-order chi connectivity index (χ1) is 10.7. The third-order valence-electron chi connectivity index (χ3n) is 2.97. The van der Waals surface area contributed by atoms with Crippen LogP contribution in [0.5, 0.6) is 0 Å². The number of nitrogens with zero attached hydrogens (tertiary/aromatic N) is 1. The molecule has 1 aromatic heterocycles. The van der Waals surface area contributed by atoms with E-state index in [1.54, 1.807) is 6.92 Å². The van der Waals surface area contributed by atoms with Gasteiger partial charge in [-0.05, 0) is 13.8 Å². The van der Waals surface area contributed by atoms with Gasteiger partial charge in [-0.1, -0.05) is 30.3 Å². The fraction of sp³-hybridized carbons (Fsp3) is 0.375. The molecule has 0 saturated heterocycles. The Balaban J connectivity index is 1.86. The van der Waals surface area contributed by atoms with Crippen molar-refractivity contribution < 1.29 is 14.3 Å². The summed E-state index contributed by atoms with van der Waals surface area (Å²) >= 11 is 1.40. The second-order valence-electron chi connectivity index (χ2n) is 4.60. The number of benzene rings is 1. The molecular formula is C16H20N2O3S. The van der Waals surface area contributed by atoms with Gasteiger partial charge < -0.3 is 9.47 Å². The zero-order valence-corrected chi connectivity index (χ0v) is 13.6. The molecule has 1 aromatic carbocycles. The minimum Gasteiger partial charge on any atom is -0.379 e. The number of hydrogen-bond donors (Lipinski definition) is 1. The first kappa shape index (κ1) is 16.6. The van der Waals surface area contributed by atoms with Gasteiger partial charge in [-0.3, -0.25) is 10.1 Å². The lowest BCUT2D eigenvalue weighted by molar-refractivity contribution is -0.127. The van der Waals surface area contributed by atoms with Crippen molar-refractivity contribution in [3.8, 4) is 11.3 Å². The Bertz CT molecular complexity index is 586. The van der Waals surface area contributed by atoms with Crippen LogP contribution in [-0.4, -0.2) is 36.8 Å². The average molecular weight is 320 g/mol. The van der Waals surface area contributed by atoms with Gasteiger partial charge in [-0.25, -0.2) is 4.98 Å². The lowest BCUT2D eigenvalue weighted by atomic mass is 10.2. The van der Waals surface area contributed by atoms with Crippen LogP contribution in [0.4, 0.5) is 5.13 Å². The van der Waals surface area contributed by atoms with E-state index >= 15 is 0 Å². The molecule has 0 aliphatic heterocycles. The maximum absolute atomic E-state index is 12.0. The van der Waals surface area contributed by atoms with Crippen molar-refractivity contribution in [3.63, 3.8) is 0 Å². The second kappa shape index (κ2) is 8.63. The minimum atomic E-state index is -0.537. The normalized spacial score (nSPS) is 12.1. The predicted octanol–water partition coefficient (Wildman–Crippen LogP) is 3.19. The van der Waals surface area contributed by atoms with Crippen LogP contribution in [0.2, 0.25) is 0 Å². The number of carbonyl (C=O) groups excluding carboxylic acids is 1. The van der Waals surface area contributed by atoms with Crippen molar-refractivity contribution in [1.82, 2.24) is 4.98 Å². The van der Waals surface area contributed by atoms with Crippen molar-refractivity contribution in [3.05, 3.63) is 35.7 Å². The SMILES string of the molecule is CCOCCOC(C)C(=O)Nc1nc(-c2ccccc2)cs1. The van der Waals surface area contributed by atoms with Crippen molar-refractivity contribution in [1.29, 1.82) is 0 Å². The molecule has 6 heteroatoms. The number of carbonyl (C=O) groups is 1. The van der Waals surface area contributed by atoms with E-state index in [-0.39, 0.29) is 5.91 Å². The Morgan fingerprint density at radius 3 is 2.82 bits per heavy atom. The van der Waals surface area contributed by atoms with Crippen LogP contribution < -0.4 is 5.32 Å². The van der Waals surface area contributed by atoms with Gasteiger partial charge in [0.1, 0.15) is 6.10 Å². The van der Waals surface area contributed by atoms with Crippen LogP contribution in [0.1, 0.15) is 13.8 Å². The van der Waals surface area contributed by atoms with E-state index in [1.165, 1.54) is 11.3 Å². The summed E-state index contributed by atoms with van der Waals surface area (Å²) in [4.78, 5) is 16.4. The molecule has 5 nitrogen and oxygen atoms in total. The van der Waals surface area contributed by atoms with Gasteiger partial charge in [-0.2, -0.15) is 0 Å². The molecule has 0 saturated carbocycles. The Kier molecular flexibility index (Phi) is 6.51. The van der Waals surface area contributed by atoms with E-state index in [1.807, 2.05) is 42.6 Å². The molecule has 1 N–H and O–H groups in total. The largest absolute Gasteiger partial charge is 0.379 e. The van der Waals surface area contributed by atoms with E-state index in [0.717, 1.165) is 11.3 Å². The van der Waals surface area contributed by atoms with Crippen molar-refractivity contribution in [2.24, 2.45) is 0 Å². The van der Waals surface area contributed by atoms with Crippen LogP contribution in [-0.2, 0) is 14.3 Å². The molecule has 22 heavy (non-hydrogen) atoms. The Labute approximate surface area is 134 Å². The van der Waals surface area contributed by atoms with E-state index in [0.29, 0.717) is 25.0 Å². The van der Waals surface area contributed by atoms with Crippen molar-refractivity contribution in [2.75, 3.05) is 25.1 Å². The van der Waals surface area contributed by atoms with Gasteiger partial charge in [0.05, 0.1) is 18.9 Å². The Morgan fingerprint density at radius 1 is 1.32 bits per heavy atom. The molecule has 0 fully saturated rings. The quantitative estimate of drug-likeness (QED) is 0.759. The lowest BCUT2D eigenvalue weighted by Crippen LogP contribution is -2.28. The zero-order chi connectivity index (χ0) is 15.8. The molecule has 1 unspecified atom stereocenters. The second-order valence-corrected chi connectivity index (χ2v) is 5.46. The molecule has 0 spiro atoms. The summed E-state index contributed by atoms with van der Waals surface area (Å²) in [6.45, 7) is 5.17. The first-order valence-corrected chi connectivity index (χ1v) is 8.10. The highest BCUT2D eigenvalue weighted by Crippen LogP contribution is 2.24.